The van der Waals surface area contributed by atoms with Crippen molar-refractivity contribution >= 4 is 17.0 Å². The standard InChI is InChI=1S/C21H20N4O2/c1-15(20-11-17-7-5-6-10-19(17)27-20)24-21(26)22-12-16-13-23-25(14-16)18-8-3-2-4-9-18/h2-11,13-15H,12H2,1H3,(H2,22,24,26). The molecular weight excluding hydrogens is 340 g/mol. The maximum Gasteiger partial charge on any atom is 0.315 e. The normalized spacial score (nSPS) is 12.0. The van der Waals surface area contributed by atoms with Crippen molar-refractivity contribution in [2.45, 2.75) is 19.5 Å². The lowest BCUT2D eigenvalue weighted by Gasteiger charge is -2.12. The third-order valence-corrected chi connectivity index (χ3v) is 4.33. The molecule has 1 unspecified atom stereocenters. The van der Waals surface area contributed by atoms with Crippen LogP contribution in [0.2, 0.25) is 0 Å². The maximum atomic E-state index is 12.2. The zero-order chi connectivity index (χ0) is 18.6. The summed E-state index contributed by atoms with van der Waals surface area (Å²) in [5.41, 5.74) is 2.71. The fourth-order valence-electron chi connectivity index (χ4n) is 2.89. The van der Waals surface area contributed by atoms with Crippen LogP contribution in [-0.4, -0.2) is 15.8 Å². The highest BCUT2D eigenvalue weighted by molar-refractivity contribution is 5.78. The van der Waals surface area contributed by atoms with Gasteiger partial charge in [-0.3, -0.25) is 0 Å². The second kappa shape index (κ2) is 7.37. The Bertz CT molecular complexity index is 1020. The number of para-hydroxylation sites is 2. The van der Waals surface area contributed by atoms with Crippen molar-refractivity contribution in [3.63, 3.8) is 0 Å². The molecule has 4 aromatic rings. The number of fused-ring (bicyclic) bond motifs is 1. The van der Waals surface area contributed by atoms with Gasteiger partial charge in [-0.2, -0.15) is 5.10 Å². The molecule has 2 heterocycles. The molecule has 136 valence electrons. The van der Waals surface area contributed by atoms with Crippen LogP contribution >= 0.6 is 0 Å². The molecule has 0 saturated heterocycles. The van der Waals surface area contributed by atoms with Gasteiger partial charge >= 0.3 is 6.03 Å². The van der Waals surface area contributed by atoms with Crippen LogP contribution in [0.4, 0.5) is 4.79 Å². The number of hydrogen-bond donors (Lipinski definition) is 2. The summed E-state index contributed by atoms with van der Waals surface area (Å²) in [4.78, 5) is 12.2. The largest absolute Gasteiger partial charge is 0.459 e. The number of carbonyl (C=O) groups is 1. The summed E-state index contributed by atoms with van der Waals surface area (Å²) in [6.07, 6.45) is 3.65. The summed E-state index contributed by atoms with van der Waals surface area (Å²) in [6, 6.07) is 19.1. The van der Waals surface area contributed by atoms with Gasteiger partial charge in [0.1, 0.15) is 11.3 Å². The van der Waals surface area contributed by atoms with E-state index in [1.165, 1.54) is 0 Å². The topological polar surface area (TPSA) is 72.1 Å². The third-order valence-electron chi connectivity index (χ3n) is 4.33. The van der Waals surface area contributed by atoms with Crippen LogP contribution in [-0.2, 0) is 6.54 Å². The van der Waals surface area contributed by atoms with Crippen LogP contribution in [0.3, 0.4) is 0 Å². The van der Waals surface area contributed by atoms with Gasteiger partial charge in [-0.25, -0.2) is 9.48 Å². The molecule has 0 bridgehead atoms. The van der Waals surface area contributed by atoms with E-state index in [1.807, 2.05) is 73.8 Å². The Kier molecular flexibility index (Phi) is 4.61. The number of nitrogens with zero attached hydrogens (tertiary/aromatic N) is 2. The van der Waals surface area contributed by atoms with Crippen LogP contribution < -0.4 is 10.6 Å². The Morgan fingerprint density at radius 2 is 1.93 bits per heavy atom. The summed E-state index contributed by atoms with van der Waals surface area (Å²) in [7, 11) is 0. The van der Waals surface area contributed by atoms with Gasteiger partial charge < -0.3 is 15.1 Å². The molecular formula is C21H20N4O2. The van der Waals surface area contributed by atoms with E-state index in [2.05, 4.69) is 15.7 Å². The number of aromatic nitrogens is 2. The molecule has 2 amide bonds. The molecule has 4 rings (SSSR count). The minimum atomic E-state index is -0.254. The molecule has 0 aliphatic carbocycles. The van der Waals surface area contributed by atoms with Crippen LogP contribution in [0.25, 0.3) is 16.7 Å². The van der Waals surface area contributed by atoms with Gasteiger partial charge in [0, 0.05) is 23.7 Å². The second-order valence-corrected chi connectivity index (χ2v) is 6.36. The summed E-state index contributed by atoms with van der Waals surface area (Å²) in [6.45, 7) is 2.29. The first-order chi connectivity index (χ1) is 13.2. The average Bonchev–Trinajstić information content (AvgIpc) is 3.34. The zero-order valence-electron chi connectivity index (χ0n) is 14.9. The molecule has 0 aliphatic heterocycles. The third kappa shape index (κ3) is 3.84. The summed E-state index contributed by atoms with van der Waals surface area (Å²) in [5, 5.41) is 11.1. The van der Waals surface area contributed by atoms with E-state index in [9.17, 15) is 4.79 Å². The molecule has 2 aromatic carbocycles. The lowest BCUT2D eigenvalue weighted by atomic mass is 10.2. The summed E-state index contributed by atoms with van der Waals surface area (Å²) in [5.74, 6) is 0.725. The van der Waals surface area contributed by atoms with Crippen LogP contribution in [0.15, 0.2) is 77.5 Å². The van der Waals surface area contributed by atoms with Crippen molar-refractivity contribution in [1.29, 1.82) is 0 Å². The Balaban J connectivity index is 1.33. The lowest BCUT2D eigenvalue weighted by Crippen LogP contribution is -2.36. The predicted octanol–water partition coefficient (Wildman–Crippen LogP) is 4.18. The highest BCUT2D eigenvalue weighted by atomic mass is 16.3. The SMILES string of the molecule is CC(NC(=O)NCc1cnn(-c2ccccc2)c1)c1cc2ccccc2o1. The summed E-state index contributed by atoms with van der Waals surface area (Å²) >= 11 is 0. The van der Waals surface area contributed by atoms with E-state index >= 15 is 0 Å². The molecule has 6 nitrogen and oxygen atoms in total. The monoisotopic (exact) mass is 360 g/mol. The minimum Gasteiger partial charge on any atom is -0.459 e. The first kappa shape index (κ1) is 16.9. The Labute approximate surface area is 156 Å². The number of nitrogens with one attached hydrogen (secondary N) is 2. The van der Waals surface area contributed by atoms with Gasteiger partial charge in [-0.05, 0) is 31.2 Å². The molecule has 0 fully saturated rings. The number of benzene rings is 2. The molecule has 27 heavy (non-hydrogen) atoms. The van der Waals surface area contributed by atoms with Crippen LogP contribution in [0.1, 0.15) is 24.3 Å². The highest BCUT2D eigenvalue weighted by Gasteiger charge is 2.14. The van der Waals surface area contributed by atoms with E-state index in [-0.39, 0.29) is 12.1 Å². The number of carbonyl (C=O) groups excluding carboxylic acids is 1. The zero-order valence-corrected chi connectivity index (χ0v) is 14.9. The second-order valence-electron chi connectivity index (χ2n) is 6.36. The molecule has 1 atom stereocenters. The van der Waals surface area contributed by atoms with Crippen molar-refractivity contribution in [3.05, 3.63) is 84.4 Å². The number of urea groups is 1. The summed E-state index contributed by atoms with van der Waals surface area (Å²) < 4.78 is 7.57. The molecule has 2 N–H and O–H groups in total. The van der Waals surface area contributed by atoms with Crippen LogP contribution in [0.5, 0.6) is 0 Å². The van der Waals surface area contributed by atoms with Crippen LogP contribution in [0, 0.1) is 0 Å². The number of hydrogen-bond acceptors (Lipinski definition) is 3. The Hall–Kier alpha value is -3.54. The maximum absolute atomic E-state index is 12.2. The van der Waals surface area contributed by atoms with E-state index in [0.29, 0.717) is 6.54 Å². The van der Waals surface area contributed by atoms with Gasteiger partial charge in [-0.1, -0.05) is 36.4 Å². The Morgan fingerprint density at radius 1 is 1.15 bits per heavy atom. The molecule has 0 saturated carbocycles. The Morgan fingerprint density at radius 3 is 2.74 bits per heavy atom. The molecule has 0 radical (unpaired) electrons. The smallest absolute Gasteiger partial charge is 0.315 e. The van der Waals surface area contributed by atoms with Crippen molar-refractivity contribution in [3.8, 4) is 5.69 Å². The minimum absolute atomic E-state index is 0.232. The van der Waals surface area contributed by atoms with E-state index in [0.717, 1.165) is 28.0 Å². The van der Waals surface area contributed by atoms with E-state index in [1.54, 1.807) is 10.9 Å². The van der Waals surface area contributed by atoms with Gasteiger partial charge in [-0.15, -0.1) is 0 Å². The van der Waals surface area contributed by atoms with Crippen molar-refractivity contribution < 1.29 is 9.21 Å². The number of furan rings is 1. The first-order valence-corrected chi connectivity index (χ1v) is 8.81. The van der Waals surface area contributed by atoms with Crippen molar-refractivity contribution in [2.75, 3.05) is 0 Å². The fraction of sp³-hybridized carbons (Fsp3) is 0.143. The quantitative estimate of drug-likeness (QED) is 0.561. The van der Waals surface area contributed by atoms with Gasteiger partial charge in [0.25, 0.3) is 0 Å². The lowest BCUT2D eigenvalue weighted by molar-refractivity contribution is 0.236. The molecule has 0 spiro atoms. The van der Waals surface area contributed by atoms with Gasteiger partial charge in [0.15, 0.2) is 0 Å². The molecule has 2 aromatic heterocycles. The number of rotatable bonds is 5. The van der Waals surface area contributed by atoms with Gasteiger partial charge in [0.2, 0.25) is 0 Å². The molecule has 0 aliphatic rings. The number of amides is 2. The van der Waals surface area contributed by atoms with Gasteiger partial charge in [0.05, 0.1) is 17.9 Å². The fourth-order valence-corrected chi connectivity index (χ4v) is 2.89. The average molecular weight is 360 g/mol. The van der Waals surface area contributed by atoms with Crippen molar-refractivity contribution in [2.24, 2.45) is 0 Å². The van der Waals surface area contributed by atoms with E-state index < -0.39 is 0 Å². The van der Waals surface area contributed by atoms with Crippen molar-refractivity contribution in [1.82, 2.24) is 20.4 Å². The molecule has 6 heteroatoms. The highest BCUT2D eigenvalue weighted by Crippen LogP contribution is 2.23. The van der Waals surface area contributed by atoms with E-state index in [4.69, 9.17) is 4.42 Å². The first-order valence-electron chi connectivity index (χ1n) is 8.81. The predicted molar refractivity (Wildman–Crippen MR) is 104 cm³/mol.